The van der Waals surface area contributed by atoms with Gasteiger partial charge in [-0.1, -0.05) is 0 Å². The quantitative estimate of drug-likeness (QED) is 0.704. The van der Waals surface area contributed by atoms with Crippen molar-refractivity contribution in [2.45, 2.75) is 18.9 Å². The Morgan fingerprint density at radius 3 is 2.75 bits per heavy atom. The molecule has 0 bridgehead atoms. The molecule has 2 fully saturated rings. The molecule has 2 aliphatic heterocycles. The maximum absolute atomic E-state index is 5.56. The van der Waals surface area contributed by atoms with Gasteiger partial charge in [0.05, 0.1) is 6.10 Å². The molecule has 92 valence electrons. The predicted octanol–water partition coefficient (Wildman–Crippen LogP) is 0.287. The molecule has 0 aromatic rings. The third kappa shape index (κ3) is 3.30. The van der Waals surface area contributed by atoms with Crippen LogP contribution in [0.25, 0.3) is 0 Å². The molecule has 5 heteroatoms. The van der Waals surface area contributed by atoms with Crippen molar-refractivity contribution in [1.82, 2.24) is 15.1 Å². The fourth-order valence-electron chi connectivity index (χ4n) is 2.13. The Labute approximate surface area is 103 Å². The number of hydrogen-bond donors (Lipinski definition) is 1. The van der Waals surface area contributed by atoms with E-state index in [1.54, 1.807) is 0 Å². The summed E-state index contributed by atoms with van der Waals surface area (Å²) in [6, 6.07) is 0. The third-order valence-corrected chi connectivity index (χ3v) is 3.70. The van der Waals surface area contributed by atoms with E-state index < -0.39 is 0 Å². The minimum Gasteiger partial charge on any atom is -0.376 e. The first kappa shape index (κ1) is 12.1. The second-order valence-corrected chi connectivity index (χ2v) is 5.00. The van der Waals surface area contributed by atoms with Crippen molar-refractivity contribution in [3.8, 4) is 0 Å². The molecular formula is C11H21N3OS. The molecule has 0 aromatic heterocycles. The van der Waals surface area contributed by atoms with Gasteiger partial charge in [0.2, 0.25) is 0 Å². The normalized spacial score (nSPS) is 27.1. The second kappa shape index (κ2) is 5.80. The van der Waals surface area contributed by atoms with Crippen molar-refractivity contribution in [3.63, 3.8) is 0 Å². The standard InChI is InChI=1S/C11H21N3OS/c1-13-4-6-14(7-5-13)11(16)12-9-10-3-2-8-15-10/h10H,2-9H2,1H3,(H,12,16)/t10-/m1/s1. The summed E-state index contributed by atoms with van der Waals surface area (Å²) in [6.07, 6.45) is 2.72. The van der Waals surface area contributed by atoms with Crippen LogP contribution in [0.5, 0.6) is 0 Å². The first-order chi connectivity index (χ1) is 7.75. The summed E-state index contributed by atoms with van der Waals surface area (Å²) in [7, 11) is 2.15. The molecule has 2 rings (SSSR count). The topological polar surface area (TPSA) is 27.7 Å². The SMILES string of the molecule is CN1CCN(C(=S)NC[C@H]2CCCO2)CC1. The lowest BCUT2D eigenvalue weighted by atomic mass is 10.2. The highest BCUT2D eigenvalue weighted by molar-refractivity contribution is 7.80. The van der Waals surface area contributed by atoms with Crippen LogP contribution < -0.4 is 5.32 Å². The minimum absolute atomic E-state index is 0.366. The molecule has 0 saturated carbocycles. The lowest BCUT2D eigenvalue weighted by Gasteiger charge is -2.34. The van der Waals surface area contributed by atoms with Crippen LogP contribution in [-0.2, 0) is 4.74 Å². The molecule has 1 atom stereocenters. The van der Waals surface area contributed by atoms with Crippen LogP contribution in [0, 0.1) is 0 Å². The first-order valence-corrected chi connectivity index (χ1v) is 6.49. The van der Waals surface area contributed by atoms with Gasteiger partial charge in [-0.25, -0.2) is 0 Å². The van der Waals surface area contributed by atoms with E-state index in [0.717, 1.165) is 44.4 Å². The number of hydrogen-bond acceptors (Lipinski definition) is 3. The molecular weight excluding hydrogens is 222 g/mol. The summed E-state index contributed by atoms with van der Waals surface area (Å²) in [4.78, 5) is 4.59. The van der Waals surface area contributed by atoms with E-state index in [2.05, 4.69) is 22.2 Å². The van der Waals surface area contributed by atoms with Crippen molar-refractivity contribution < 1.29 is 4.74 Å². The maximum atomic E-state index is 5.56. The van der Waals surface area contributed by atoms with Crippen LogP contribution in [0.4, 0.5) is 0 Å². The zero-order valence-electron chi connectivity index (χ0n) is 9.95. The van der Waals surface area contributed by atoms with E-state index in [-0.39, 0.29) is 0 Å². The van der Waals surface area contributed by atoms with Gasteiger partial charge in [-0.15, -0.1) is 0 Å². The molecule has 2 heterocycles. The van der Waals surface area contributed by atoms with Crippen LogP contribution in [-0.4, -0.2) is 67.4 Å². The molecule has 0 aliphatic carbocycles. The largest absolute Gasteiger partial charge is 0.376 e. The van der Waals surface area contributed by atoms with Crippen LogP contribution in [0.2, 0.25) is 0 Å². The van der Waals surface area contributed by atoms with Crippen molar-refractivity contribution in [2.24, 2.45) is 0 Å². The first-order valence-electron chi connectivity index (χ1n) is 6.08. The number of ether oxygens (including phenoxy) is 1. The summed E-state index contributed by atoms with van der Waals surface area (Å²) in [5.74, 6) is 0. The highest BCUT2D eigenvalue weighted by Gasteiger charge is 2.19. The summed E-state index contributed by atoms with van der Waals surface area (Å²) in [5, 5.41) is 4.22. The molecule has 1 N–H and O–H groups in total. The van der Waals surface area contributed by atoms with Crippen LogP contribution >= 0.6 is 12.2 Å². The molecule has 0 spiro atoms. The Bertz CT molecular complexity index is 235. The Kier molecular flexibility index (Phi) is 4.37. The molecule has 16 heavy (non-hydrogen) atoms. The zero-order chi connectivity index (χ0) is 11.4. The number of piperazine rings is 1. The Balaban J connectivity index is 1.67. The van der Waals surface area contributed by atoms with Gasteiger partial charge in [-0.05, 0) is 32.1 Å². The third-order valence-electron chi connectivity index (χ3n) is 3.30. The van der Waals surface area contributed by atoms with Gasteiger partial charge in [-0.2, -0.15) is 0 Å². The molecule has 0 amide bonds. The van der Waals surface area contributed by atoms with Gasteiger partial charge in [0.1, 0.15) is 0 Å². The highest BCUT2D eigenvalue weighted by atomic mass is 32.1. The number of thiocarbonyl (C=S) groups is 1. The smallest absolute Gasteiger partial charge is 0.169 e. The summed E-state index contributed by atoms with van der Waals surface area (Å²) in [5.41, 5.74) is 0. The Hall–Kier alpha value is -0.390. The van der Waals surface area contributed by atoms with E-state index in [4.69, 9.17) is 17.0 Å². The second-order valence-electron chi connectivity index (χ2n) is 4.61. The number of rotatable bonds is 2. The number of nitrogens with zero attached hydrogens (tertiary/aromatic N) is 2. The number of nitrogens with one attached hydrogen (secondary N) is 1. The summed E-state index contributed by atoms with van der Waals surface area (Å²) < 4.78 is 5.56. The Morgan fingerprint density at radius 2 is 2.12 bits per heavy atom. The van der Waals surface area contributed by atoms with Crippen LogP contribution in [0.3, 0.4) is 0 Å². The van der Waals surface area contributed by atoms with Gasteiger partial charge in [0, 0.05) is 39.3 Å². The zero-order valence-corrected chi connectivity index (χ0v) is 10.8. The van der Waals surface area contributed by atoms with E-state index in [1.165, 1.54) is 12.8 Å². The minimum atomic E-state index is 0.366. The molecule has 4 nitrogen and oxygen atoms in total. The monoisotopic (exact) mass is 243 g/mol. The molecule has 2 saturated heterocycles. The van der Waals surface area contributed by atoms with Crippen molar-refractivity contribution in [2.75, 3.05) is 46.4 Å². The van der Waals surface area contributed by atoms with Gasteiger partial charge in [0.15, 0.2) is 5.11 Å². The average Bonchev–Trinajstić information content (AvgIpc) is 2.80. The van der Waals surface area contributed by atoms with Gasteiger partial charge in [-0.3, -0.25) is 0 Å². The molecule has 0 unspecified atom stereocenters. The average molecular weight is 243 g/mol. The molecule has 2 aliphatic rings. The van der Waals surface area contributed by atoms with E-state index >= 15 is 0 Å². The van der Waals surface area contributed by atoms with E-state index in [1.807, 2.05) is 0 Å². The lowest BCUT2D eigenvalue weighted by Crippen LogP contribution is -2.51. The predicted molar refractivity (Wildman–Crippen MR) is 68.6 cm³/mol. The lowest BCUT2D eigenvalue weighted by molar-refractivity contribution is 0.113. The van der Waals surface area contributed by atoms with Crippen LogP contribution in [0.1, 0.15) is 12.8 Å². The highest BCUT2D eigenvalue weighted by Crippen LogP contribution is 2.10. The van der Waals surface area contributed by atoms with Gasteiger partial charge in [0.25, 0.3) is 0 Å². The molecule has 0 radical (unpaired) electrons. The molecule has 0 aromatic carbocycles. The van der Waals surface area contributed by atoms with E-state index in [0.29, 0.717) is 6.10 Å². The van der Waals surface area contributed by atoms with Crippen molar-refractivity contribution in [3.05, 3.63) is 0 Å². The summed E-state index contributed by atoms with van der Waals surface area (Å²) >= 11 is 5.39. The van der Waals surface area contributed by atoms with E-state index in [9.17, 15) is 0 Å². The fraction of sp³-hybridized carbons (Fsp3) is 0.909. The van der Waals surface area contributed by atoms with Gasteiger partial charge >= 0.3 is 0 Å². The van der Waals surface area contributed by atoms with Crippen LogP contribution in [0.15, 0.2) is 0 Å². The van der Waals surface area contributed by atoms with Crippen molar-refractivity contribution >= 4 is 17.3 Å². The van der Waals surface area contributed by atoms with Crippen molar-refractivity contribution in [1.29, 1.82) is 0 Å². The summed E-state index contributed by atoms with van der Waals surface area (Å²) in [6.45, 7) is 6.05. The Morgan fingerprint density at radius 1 is 1.38 bits per heavy atom. The number of likely N-dealkylation sites (N-methyl/N-ethyl adjacent to an activating group) is 1. The maximum Gasteiger partial charge on any atom is 0.169 e. The fourth-order valence-corrected chi connectivity index (χ4v) is 2.39. The van der Waals surface area contributed by atoms with Gasteiger partial charge < -0.3 is 19.9 Å².